The molecule has 0 fully saturated rings. The highest BCUT2D eigenvalue weighted by molar-refractivity contribution is 9.10. The van der Waals surface area contributed by atoms with E-state index in [1.165, 1.54) is 0 Å². The average Bonchev–Trinajstić information content (AvgIpc) is 3.24. The highest BCUT2D eigenvalue weighted by atomic mass is 79.9. The summed E-state index contributed by atoms with van der Waals surface area (Å²) in [6.07, 6.45) is 0. The second-order valence-electron chi connectivity index (χ2n) is 4.84. The summed E-state index contributed by atoms with van der Waals surface area (Å²) in [7, 11) is 1.90. The SMILES string of the molecule is Bc1ccc(-c2ccc(-c3ccc(-c4ccc(Br)o4)o3)o2)o1. The van der Waals surface area contributed by atoms with E-state index in [0.717, 1.165) is 5.66 Å². The van der Waals surface area contributed by atoms with Gasteiger partial charge >= 0.3 is 0 Å². The summed E-state index contributed by atoms with van der Waals surface area (Å²) in [5.41, 5.74) is 0.844. The van der Waals surface area contributed by atoms with E-state index >= 15 is 0 Å². The van der Waals surface area contributed by atoms with E-state index in [0.29, 0.717) is 39.2 Å². The molecule has 0 aliphatic carbocycles. The summed E-state index contributed by atoms with van der Waals surface area (Å²) in [4.78, 5) is 0. The Balaban J connectivity index is 1.65. The number of halogens is 1. The number of hydrogen-bond acceptors (Lipinski definition) is 4. The number of rotatable bonds is 3. The molecule has 0 spiro atoms. The van der Waals surface area contributed by atoms with Crippen LogP contribution in [0.2, 0.25) is 0 Å². The second-order valence-corrected chi connectivity index (χ2v) is 5.62. The Hall–Kier alpha value is -2.34. The van der Waals surface area contributed by atoms with E-state index < -0.39 is 0 Å². The molecule has 4 aromatic rings. The van der Waals surface area contributed by atoms with Crippen LogP contribution in [0, 0.1) is 0 Å². The van der Waals surface area contributed by atoms with Crippen molar-refractivity contribution < 1.29 is 17.7 Å². The predicted molar refractivity (Wildman–Crippen MR) is 87.7 cm³/mol. The zero-order valence-corrected chi connectivity index (χ0v) is 13.2. The standard InChI is InChI=1S/C16H10BBrO4/c17-15-7-5-13(21-15)11-3-1-9(19-11)10-2-4-12(20-10)14-6-8-16(18)22-14/h1-8H,17H2. The van der Waals surface area contributed by atoms with Crippen LogP contribution in [0.5, 0.6) is 0 Å². The van der Waals surface area contributed by atoms with E-state index in [9.17, 15) is 0 Å². The third-order valence-electron chi connectivity index (χ3n) is 3.25. The van der Waals surface area contributed by atoms with Gasteiger partial charge in [0.25, 0.3) is 0 Å². The first-order valence-electron chi connectivity index (χ1n) is 6.71. The fourth-order valence-electron chi connectivity index (χ4n) is 2.22. The Morgan fingerprint density at radius 2 is 0.955 bits per heavy atom. The first-order chi connectivity index (χ1) is 10.7. The summed E-state index contributed by atoms with van der Waals surface area (Å²) in [6.45, 7) is 0. The molecule has 0 aliphatic heterocycles. The largest absolute Gasteiger partial charge is 0.469 e. The van der Waals surface area contributed by atoms with Crippen molar-refractivity contribution in [3.63, 3.8) is 0 Å². The van der Waals surface area contributed by atoms with Crippen molar-refractivity contribution in [1.82, 2.24) is 0 Å². The van der Waals surface area contributed by atoms with E-state index in [-0.39, 0.29) is 0 Å². The lowest BCUT2D eigenvalue weighted by Gasteiger charge is -1.93. The van der Waals surface area contributed by atoms with Crippen LogP contribution in [0.15, 0.2) is 70.9 Å². The van der Waals surface area contributed by atoms with Crippen LogP contribution >= 0.6 is 15.9 Å². The number of furan rings is 4. The molecule has 4 aromatic heterocycles. The lowest BCUT2D eigenvalue weighted by Crippen LogP contribution is -1.93. The summed E-state index contributed by atoms with van der Waals surface area (Å²) < 4.78 is 23.3. The fraction of sp³-hybridized carbons (Fsp3) is 0. The molecular formula is C16H10BBrO4. The van der Waals surface area contributed by atoms with Gasteiger partial charge in [0.05, 0.1) is 5.66 Å². The Kier molecular flexibility index (Phi) is 3.12. The minimum atomic E-state index is 0.636. The Labute approximate surface area is 135 Å². The Morgan fingerprint density at radius 3 is 1.36 bits per heavy atom. The fourth-order valence-corrected chi connectivity index (χ4v) is 2.53. The summed E-state index contributed by atoms with van der Waals surface area (Å²) in [6, 6.07) is 14.9. The summed E-state index contributed by atoms with van der Waals surface area (Å²) in [5.74, 6) is 3.95. The molecule has 0 amide bonds. The van der Waals surface area contributed by atoms with Crippen LogP contribution in [-0.2, 0) is 0 Å². The van der Waals surface area contributed by atoms with Gasteiger partial charge in [0.1, 0.15) is 0 Å². The van der Waals surface area contributed by atoms with Gasteiger partial charge in [-0.25, -0.2) is 0 Å². The van der Waals surface area contributed by atoms with Gasteiger partial charge in [-0.2, -0.15) is 0 Å². The van der Waals surface area contributed by atoms with E-state index in [1.54, 1.807) is 0 Å². The van der Waals surface area contributed by atoms with E-state index in [2.05, 4.69) is 15.9 Å². The smallest absolute Gasteiger partial charge is 0.186 e. The van der Waals surface area contributed by atoms with Crippen LogP contribution in [0.4, 0.5) is 0 Å². The normalized spacial score (nSPS) is 11.1. The third kappa shape index (κ3) is 2.35. The first kappa shape index (κ1) is 13.3. The van der Waals surface area contributed by atoms with Crippen LogP contribution in [0.3, 0.4) is 0 Å². The van der Waals surface area contributed by atoms with Crippen LogP contribution in [0.25, 0.3) is 34.6 Å². The molecule has 4 rings (SSSR count). The molecule has 22 heavy (non-hydrogen) atoms. The molecule has 0 aromatic carbocycles. The maximum absolute atomic E-state index is 5.80. The van der Waals surface area contributed by atoms with Crippen molar-refractivity contribution >= 4 is 29.4 Å². The van der Waals surface area contributed by atoms with Crippen molar-refractivity contribution in [3.8, 4) is 34.6 Å². The quantitative estimate of drug-likeness (QED) is 0.519. The molecular weight excluding hydrogens is 347 g/mol. The lowest BCUT2D eigenvalue weighted by molar-refractivity contribution is 0.498. The topological polar surface area (TPSA) is 52.6 Å². The molecule has 108 valence electrons. The molecule has 6 heteroatoms. The Bertz CT molecular complexity index is 851. The van der Waals surface area contributed by atoms with Crippen LogP contribution in [0.1, 0.15) is 0 Å². The molecule has 0 aliphatic rings. The van der Waals surface area contributed by atoms with Gasteiger partial charge in [0.2, 0.25) is 0 Å². The van der Waals surface area contributed by atoms with Gasteiger partial charge in [-0.05, 0) is 64.5 Å². The van der Waals surface area contributed by atoms with Crippen molar-refractivity contribution in [2.75, 3.05) is 0 Å². The van der Waals surface area contributed by atoms with Crippen LogP contribution < -0.4 is 5.66 Å². The van der Waals surface area contributed by atoms with Crippen molar-refractivity contribution in [1.29, 1.82) is 0 Å². The van der Waals surface area contributed by atoms with Crippen molar-refractivity contribution in [2.45, 2.75) is 0 Å². The van der Waals surface area contributed by atoms with E-state index in [4.69, 9.17) is 17.7 Å². The van der Waals surface area contributed by atoms with Gasteiger partial charge in [-0.3, -0.25) is 0 Å². The molecule has 0 saturated heterocycles. The molecule has 0 radical (unpaired) electrons. The summed E-state index contributed by atoms with van der Waals surface area (Å²) >= 11 is 3.28. The highest BCUT2D eigenvalue weighted by Crippen LogP contribution is 2.33. The molecule has 0 saturated carbocycles. The van der Waals surface area contributed by atoms with Crippen molar-refractivity contribution in [3.05, 3.63) is 53.2 Å². The molecule has 0 unspecified atom stereocenters. The molecule has 0 N–H and O–H groups in total. The van der Waals surface area contributed by atoms with Gasteiger partial charge in [-0.1, -0.05) is 0 Å². The van der Waals surface area contributed by atoms with Crippen LogP contribution in [-0.4, -0.2) is 7.85 Å². The molecule has 0 bridgehead atoms. The minimum absolute atomic E-state index is 0.636. The van der Waals surface area contributed by atoms with Crippen molar-refractivity contribution in [2.24, 2.45) is 0 Å². The molecule has 4 nitrogen and oxygen atoms in total. The van der Waals surface area contributed by atoms with Gasteiger partial charge in [0.15, 0.2) is 47.1 Å². The maximum Gasteiger partial charge on any atom is 0.186 e. The summed E-state index contributed by atoms with van der Waals surface area (Å²) in [5, 5.41) is 0. The minimum Gasteiger partial charge on any atom is -0.469 e. The Morgan fingerprint density at radius 1 is 0.545 bits per heavy atom. The monoisotopic (exact) mass is 356 g/mol. The zero-order valence-electron chi connectivity index (χ0n) is 11.6. The average molecular weight is 357 g/mol. The maximum atomic E-state index is 5.80. The van der Waals surface area contributed by atoms with Gasteiger partial charge < -0.3 is 17.7 Å². The zero-order chi connectivity index (χ0) is 15.1. The molecule has 4 heterocycles. The second kappa shape index (κ2) is 5.14. The molecule has 0 atom stereocenters. The van der Waals surface area contributed by atoms with Gasteiger partial charge in [-0.15, -0.1) is 0 Å². The number of hydrogen-bond donors (Lipinski definition) is 0. The lowest BCUT2D eigenvalue weighted by atomic mass is 10.1. The van der Waals surface area contributed by atoms with Gasteiger partial charge in [0, 0.05) is 0 Å². The van der Waals surface area contributed by atoms with E-state index in [1.807, 2.05) is 56.4 Å². The first-order valence-corrected chi connectivity index (χ1v) is 7.51. The third-order valence-corrected chi connectivity index (χ3v) is 3.68. The predicted octanol–water partition coefficient (Wildman–Crippen LogP) is 4.08. The highest BCUT2D eigenvalue weighted by Gasteiger charge is 2.14.